The number of benzene rings is 2. The summed E-state index contributed by atoms with van der Waals surface area (Å²) in [4.78, 5) is 25.0. The summed E-state index contributed by atoms with van der Waals surface area (Å²) in [6.07, 6.45) is 0. The Morgan fingerprint density at radius 2 is 1.97 bits per heavy atom. The number of carbonyl (C=O) groups excluding carboxylic acids is 1. The number of aliphatic hydroxyl groups is 1. The fourth-order valence-electron chi connectivity index (χ4n) is 3.16. The molecule has 3 heterocycles. The number of fused-ring (bicyclic) bond motifs is 2. The van der Waals surface area contributed by atoms with Crippen molar-refractivity contribution in [1.29, 1.82) is 0 Å². The molecule has 0 atom stereocenters. The molecule has 0 aliphatic carbocycles. The van der Waals surface area contributed by atoms with E-state index in [1.807, 2.05) is 18.0 Å². The highest BCUT2D eigenvalue weighted by molar-refractivity contribution is 7.29. The number of aromatic nitrogens is 2. The van der Waals surface area contributed by atoms with Gasteiger partial charge in [-0.1, -0.05) is 11.3 Å². The van der Waals surface area contributed by atoms with Crippen molar-refractivity contribution >= 4 is 60.0 Å². The Hall–Kier alpha value is -3.34. The molecule has 1 amide bonds. The van der Waals surface area contributed by atoms with E-state index in [1.165, 1.54) is 34.8 Å². The molecule has 162 valence electrons. The largest absolute Gasteiger partial charge is 0.436 e. The Morgan fingerprint density at radius 3 is 2.72 bits per heavy atom. The molecular weight excluding hydrogens is 451 g/mol. The van der Waals surface area contributed by atoms with Crippen molar-refractivity contribution in [3.05, 3.63) is 59.2 Å². The van der Waals surface area contributed by atoms with Crippen LogP contribution in [0.25, 0.3) is 32.1 Å². The van der Waals surface area contributed by atoms with Gasteiger partial charge in [-0.05, 0) is 48.5 Å². The molecule has 3 aromatic heterocycles. The van der Waals surface area contributed by atoms with Crippen LogP contribution in [0.2, 0.25) is 0 Å². The zero-order valence-electron chi connectivity index (χ0n) is 16.8. The second-order valence-electron chi connectivity index (χ2n) is 7.08. The molecule has 0 saturated carbocycles. The van der Waals surface area contributed by atoms with E-state index >= 15 is 0 Å². The van der Waals surface area contributed by atoms with E-state index in [4.69, 9.17) is 9.52 Å². The number of hydrogen-bond donors (Lipinski definition) is 2. The third-order valence-electron chi connectivity index (χ3n) is 4.80. The van der Waals surface area contributed by atoms with Crippen LogP contribution in [0, 0.1) is 5.82 Å². The van der Waals surface area contributed by atoms with Crippen molar-refractivity contribution < 1.29 is 18.7 Å². The molecule has 0 spiro atoms. The van der Waals surface area contributed by atoms with Crippen LogP contribution in [0.15, 0.2) is 52.9 Å². The van der Waals surface area contributed by atoms with Crippen LogP contribution in [0.3, 0.4) is 0 Å². The van der Waals surface area contributed by atoms with Gasteiger partial charge in [-0.25, -0.2) is 14.4 Å². The molecule has 0 fully saturated rings. The average Bonchev–Trinajstić information content (AvgIpc) is 3.47. The Balaban J connectivity index is 1.35. The van der Waals surface area contributed by atoms with Crippen molar-refractivity contribution in [2.75, 3.05) is 30.4 Å². The molecule has 0 unspecified atom stereocenters. The monoisotopic (exact) mass is 468 g/mol. The summed E-state index contributed by atoms with van der Waals surface area (Å²) in [6.45, 7) is 0.556. The normalized spacial score (nSPS) is 11.3. The van der Waals surface area contributed by atoms with Gasteiger partial charge in [0.15, 0.2) is 10.7 Å². The predicted octanol–water partition coefficient (Wildman–Crippen LogP) is 4.99. The minimum atomic E-state index is -0.327. The lowest BCUT2D eigenvalue weighted by Crippen LogP contribution is -2.20. The summed E-state index contributed by atoms with van der Waals surface area (Å²) in [5.74, 6) is -0.172. The molecule has 2 N–H and O–H groups in total. The van der Waals surface area contributed by atoms with Crippen molar-refractivity contribution in [3.8, 4) is 11.5 Å². The third-order valence-corrected chi connectivity index (χ3v) is 7.07. The molecule has 0 aliphatic rings. The number of thiazole rings is 1. The number of halogens is 1. The Bertz CT molecular complexity index is 1390. The van der Waals surface area contributed by atoms with Gasteiger partial charge in [-0.2, -0.15) is 0 Å². The van der Waals surface area contributed by atoms with E-state index in [9.17, 15) is 9.18 Å². The van der Waals surface area contributed by atoms with Crippen molar-refractivity contribution in [2.45, 2.75) is 0 Å². The number of rotatable bonds is 6. The molecule has 0 radical (unpaired) electrons. The van der Waals surface area contributed by atoms with Crippen LogP contribution in [-0.4, -0.2) is 41.2 Å². The van der Waals surface area contributed by atoms with E-state index in [2.05, 4.69) is 15.3 Å². The number of likely N-dealkylation sites (N-methyl/N-ethyl adjacent to an activating group) is 1. The average molecular weight is 469 g/mol. The van der Waals surface area contributed by atoms with E-state index in [-0.39, 0.29) is 18.3 Å². The number of aliphatic hydroxyl groups excluding tert-OH is 1. The first-order valence-electron chi connectivity index (χ1n) is 9.70. The molecule has 0 bridgehead atoms. The first-order chi connectivity index (χ1) is 15.5. The second kappa shape index (κ2) is 8.30. The third kappa shape index (κ3) is 3.95. The van der Waals surface area contributed by atoms with Gasteiger partial charge in [0.1, 0.15) is 16.2 Å². The molecule has 5 rings (SSSR count). The predicted molar refractivity (Wildman–Crippen MR) is 125 cm³/mol. The minimum absolute atomic E-state index is 0.0542. The van der Waals surface area contributed by atoms with Gasteiger partial charge >= 0.3 is 0 Å². The van der Waals surface area contributed by atoms with Gasteiger partial charge in [0.2, 0.25) is 5.89 Å². The Kier molecular flexibility index (Phi) is 5.33. The summed E-state index contributed by atoms with van der Waals surface area (Å²) in [6, 6.07) is 13.0. The number of hydrogen-bond acceptors (Lipinski definition) is 8. The first kappa shape index (κ1) is 20.6. The molecule has 10 heteroatoms. The number of anilines is 2. The fourth-order valence-corrected chi connectivity index (χ4v) is 5.25. The highest BCUT2D eigenvalue weighted by Crippen LogP contribution is 2.34. The van der Waals surface area contributed by atoms with Crippen LogP contribution in [-0.2, 0) is 0 Å². The van der Waals surface area contributed by atoms with Gasteiger partial charge in [0, 0.05) is 24.8 Å². The van der Waals surface area contributed by atoms with Gasteiger partial charge in [-0.15, -0.1) is 11.3 Å². The molecule has 0 aliphatic heterocycles. The van der Waals surface area contributed by atoms with Crippen LogP contribution in [0.1, 0.15) is 9.67 Å². The van der Waals surface area contributed by atoms with Crippen molar-refractivity contribution in [3.63, 3.8) is 0 Å². The fraction of sp³-hybridized carbons (Fsp3) is 0.136. The first-order valence-corrected chi connectivity index (χ1v) is 11.3. The number of carbonyl (C=O) groups is 1. The molecule has 0 saturated heterocycles. The van der Waals surface area contributed by atoms with Gasteiger partial charge in [-0.3, -0.25) is 4.79 Å². The maximum absolute atomic E-state index is 13.1. The maximum Gasteiger partial charge on any atom is 0.265 e. The van der Waals surface area contributed by atoms with E-state index in [1.54, 1.807) is 30.3 Å². The van der Waals surface area contributed by atoms with E-state index < -0.39 is 0 Å². The lowest BCUT2D eigenvalue weighted by Gasteiger charge is -2.12. The standard InChI is InChI=1S/C22H17FN4O3S2/c1-27(8-9-28)22-26-21-18(32-22)11-17(31-21)19(29)24-14-6-7-16-15(10-14)25-20(30-16)12-2-4-13(23)5-3-12/h2-7,10-11,28H,8-9H2,1H3,(H,24,29). The topological polar surface area (TPSA) is 91.5 Å². The quantitative estimate of drug-likeness (QED) is 0.365. The zero-order valence-corrected chi connectivity index (χ0v) is 18.5. The summed E-state index contributed by atoms with van der Waals surface area (Å²) in [5, 5.41) is 12.8. The molecule has 2 aromatic carbocycles. The van der Waals surface area contributed by atoms with Crippen molar-refractivity contribution in [2.24, 2.45) is 0 Å². The summed E-state index contributed by atoms with van der Waals surface area (Å²) < 4.78 is 19.8. The number of nitrogens with one attached hydrogen (secondary N) is 1. The van der Waals surface area contributed by atoms with Crippen LogP contribution < -0.4 is 10.2 Å². The summed E-state index contributed by atoms with van der Waals surface area (Å²) >= 11 is 2.80. The summed E-state index contributed by atoms with van der Waals surface area (Å²) in [7, 11) is 1.87. The molecular formula is C22H17FN4O3S2. The minimum Gasteiger partial charge on any atom is -0.436 e. The number of amides is 1. The van der Waals surface area contributed by atoms with Gasteiger partial charge in [0.05, 0.1) is 16.2 Å². The maximum atomic E-state index is 13.1. The smallest absolute Gasteiger partial charge is 0.265 e. The van der Waals surface area contributed by atoms with Gasteiger partial charge < -0.3 is 19.7 Å². The Labute approximate surface area is 189 Å². The number of oxazole rings is 1. The highest BCUT2D eigenvalue weighted by atomic mass is 32.1. The number of nitrogens with zero attached hydrogens (tertiary/aromatic N) is 3. The number of thiophene rings is 1. The van der Waals surface area contributed by atoms with Crippen LogP contribution in [0.5, 0.6) is 0 Å². The van der Waals surface area contributed by atoms with Gasteiger partial charge in [0.25, 0.3) is 5.91 Å². The van der Waals surface area contributed by atoms with E-state index in [0.29, 0.717) is 39.7 Å². The summed E-state index contributed by atoms with van der Waals surface area (Å²) in [5.41, 5.74) is 2.42. The molecule has 5 aromatic rings. The van der Waals surface area contributed by atoms with Crippen LogP contribution >= 0.6 is 22.7 Å². The molecule has 7 nitrogen and oxygen atoms in total. The zero-order chi connectivity index (χ0) is 22.2. The molecule has 32 heavy (non-hydrogen) atoms. The van der Waals surface area contributed by atoms with Crippen molar-refractivity contribution in [1.82, 2.24) is 9.97 Å². The second-order valence-corrected chi connectivity index (χ2v) is 9.12. The Morgan fingerprint density at radius 1 is 1.16 bits per heavy atom. The lowest BCUT2D eigenvalue weighted by molar-refractivity contribution is 0.103. The lowest BCUT2D eigenvalue weighted by atomic mass is 10.2. The SMILES string of the molecule is CN(CCO)c1nc2sc(C(=O)Nc3ccc4oc(-c5ccc(F)cc5)nc4c3)cc2s1. The van der Waals surface area contributed by atoms with Crippen LogP contribution in [0.4, 0.5) is 15.2 Å². The highest BCUT2D eigenvalue weighted by Gasteiger charge is 2.16. The van der Waals surface area contributed by atoms with E-state index in [0.717, 1.165) is 14.7 Å².